The van der Waals surface area contributed by atoms with Crippen LogP contribution in [0.5, 0.6) is 0 Å². The van der Waals surface area contributed by atoms with E-state index in [1.165, 1.54) is 6.92 Å². The van der Waals surface area contributed by atoms with Gasteiger partial charge in [-0.25, -0.2) is 4.98 Å². The summed E-state index contributed by atoms with van der Waals surface area (Å²) in [7, 11) is 0. The van der Waals surface area contributed by atoms with Crippen molar-refractivity contribution < 1.29 is 9.21 Å². The molecule has 1 amide bonds. The lowest BCUT2D eigenvalue weighted by Gasteiger charge is -2.06. The zero-order valence-electron chi connectivity index (χ0n) is 9.57. The highest BCUT2D eigenvalue weighted by Gasteiger charge is 2.13. The fraction of sp³-hybridized carbons (Fsp3) is 0.333. The van der Waals surface area contributed by atoms with E-state index in [0.717, 1.165) is 16.7 Å². The Bertz CT molecular complexity index is 531. The van der Waals surface area contributed by atoms with Crippen molar-refractivity contribution in [1.29, 1.82) is 0 Å². The quantitative estimate of drug-likeness (QED) is 0.841. The maximum Gasteiger partial charge on any atom is 0.217 e. The van der Waals surface area contributed by atoms with Crippen molar-refractivity contribution in [3.05, 3.63) is 29.7 Å². The van der Waals surface area contributed by atoms with Crippen LogP contribution in [0.1, 0.15) is 31.3 Å². The van der Waals surface area contributed by atoms with Gasteiger partial charge in [-0.05, 0) is 31.5 Å². The number of rotatable bonds is 2. The topological polar surface area (TPSA) is 55.1 Å². The summed E-state index contributed by atoms with van der Waals surface area (Å²) < 4.78 is 5.56. The van der Waals surface area contributed by atoms with Crippen LogP contribution in [-0.2, 0) is 4.79 Å². The van der Waals surface area contributed by atoms with Gasteiger partial charge < -0.3 is 9.73 Å². The number of fused-ring (bicyclic) bond motifs is 1. The average molecular weight is 218 g/mol. The Morgan fingerprint density at radius 3 is 2.94 bits per heavy atom. The van der Waals surface area contributed by atoms with Gasteiger partial charge in [0, 0.05) is 6.92 Å². The molecule has 1 aromatic carbocycles. The molecule has 1 aromatic heterocycles. The molecular formula is C12H14N2O2. The third-order valence-corrected chi connectivity index (χ3v) is 2.35. The summed E-state index contributed by atoms with van der Waals surface area (Å²) in [6.07, 6.45) is 0. The molecule has 0 aliphatic heterocycles. The van der Waals surface area contributed by atoms with Crippen molar-refractivity contribution in [1.82, 2.24) is 10.3 Å². The summed E-state index contributed by atoms with van der Waals surface area (Å²) in [6.45, 7) is 5.33. The molecule has 16 heavy (non-hydrogen) atoms. The number of nitrogens with one attached hydrogen (secondary N) is 1. The van der Waals surface area contributed by atoms with E-state index in [0.29, 0.717) is 5.89 Å². The molecule has 0 saturated carbocycles. The molecule has 1 unspecified atom stereocenters. The van der Waals surface area contributed by atoms with Crippen LogP contribution in [0.25, 0.3) is 11.1 Å². The van der Waals surface area contributed by atoms with Crippen LogP contribution >= 0.6 is 0 Å². The second-order valence-electron chi connectivity index (χ2n) is 3.95. The summed E-state index contributed by atoms with van der Waals surface area (Å²) >= 11 is 0. The van der Waals surface area contributed by atoms with Crippen LogP contribution < -0.4 is 5.32 Å². The van der Waals surface area contributed by atoms with E-state index in [2.05, 4.69) is 10.3 Å². The number of oxazole rings is 1. The summed E-state index contributed by atoms with van der Waals surface area (Å²) in [5.74, 6) is 0.446. The summed E-state index contributed by atoms with van der Waals surface area (Å²) in [5, 5.41) is 2.74. The first-order valence-corrected chi connectivity index (χ1v) is 5.20. The van der Waals surface area contributed by atoms with E-state index < -0.39 is 0 Å². The maximum absolute atomic E-state index is 10.9. The number of hydrogen-bond donors (Lipinski definition) is 1. The Hall–Kier alpha value is -1.84. The van der Waals surface area contributed by atoms with Gasteiger partial charge in [0.2, 0.25) is 11.8 Å². The van der Waals surface area contributed by atoms with Gasteiger partial charge in [-0.3, -0.25) is 4.79 Å². The van der Waals surface area contributed by atoms with Crippen LogP contribution in [0.15, 0.2) is 22.6 Å². The van der Waals surface area contributed by atoms with Crippen molar-refractivity contribution in [3.8, 4) is 0 Å². The molecule has 0 bridgehead atoms. The number of aromatic nitrogens is 1. The largest absolute Gasteiger partial charge is 0.438 e. The highest BCUT2D eigenvalue weighted by Crippen LogP contribution is 2.20. The molecule has 4 nitrogen and oxygen atoms in total. The van der Waals surface area contributed by atoms with Gasteiger partial charge in [-0.2, -0.15) is 0 Å². The first-order valence-electron chi connectivity index (χ1n) is 5.20. The fourth-order valence-electron chi connectivity index (χ4n) is 1.61. The monoisotopic (exact) mass is 218 g/mol. The van der Waals surface area contributed by atoms with E-state index in [-0.39, 0.29) is 11.9 Å². The Labute approximate surface area is 93.7 Å². The van der Waals surface area contributed by atoms with E-state index in [1.54, 1.807) is 0 Å². The molecule has 0 spiro atoms. The van der Waals surface area contributed by atoms with Crippen molar-refractivity contribution in [3.63, 3.8) is 0 Å². The van der Waals surface area contributed by atoms with Crippen molar-refractivity contribution in [2.75, 3.05) is 0 Å². The number of nitrogens with zero attached hydrogens (tertiary/aromatic N) is 1. The predicted molar refractivity (Wildman–Crippen MR) is 61.0 cm³/mol. The highest BCUT2D eigenvalue weighted by molar-refractivity contribution is 5.75. The van der Waals surface area contributed by atoms with E-state index in [4.69, 9.17) is 4.42 Å². The van der Waals surface area contributed by atoms with Crippen molar-refractivity contribution >= 4 is 17.0 Å². The predicted octanol–water partition coefficient (Wildman–Crippen LogP) is 2.33. The molecule has 0 aliphatic carbocycles. The normalized spacial score (nSPS) is 12.7. The van der Waals surface area contributed by atoms with E-state index >= 15 is 0 Å². The minimum Gasteiger partial charge on any atom is -0.438 e. The van der Waals surface area contributed by atoms with Crippen LogP contribution in [0, 0.1) is 6.92 Å². The average Bonchev–Trinajstić information content (AvgIpc) is 2.59. The molecule has 2 aromatic rings. The van der Waals surface area contributed by atoms with Gasteiger partial charge in [-0.15, -0.1) is 0 Å². The lowest BCUT2D eigenvalue weighted by atomic mass is 10.2. The lowest BCUT2D eigenvalue weighted by molar-refractivity contribution is -0.119. The first kappa shape index (κ1) is 10.7. The van der Waals surface area contributed by atoms with Gasteiger partial charge in [0.1, 0.15) is 11.6 Å². The minimum absolute atomic E-state index is 0.0917. The standard InChI is InChI=1S/C12H14N2O2/c1-7-4-5-11-10(6-7)14-12(16-11)8(2)13-9(3)15/h4-6,8H,1-3H3,(H,13,15). The molecule has 4 heteroatoms. The summed E-state index contributed by atoms with van der Waals surface area (Å²) in [6, 6.07) is 5.62. The molecule has 1 heterocycles. The smallest absolute Gasteiger partial charge is 0.217 e. The van der Waals surface area contributed by atoms with Crippen LogP contribution in [0.2, 0.25) is 0 Å². The van der Waals surface area contributed by atoms with Gasteiger partial charge in [0.15, 0.2) is 5.58 Å². The van der Waals surface area contributed by atoms with Crippen molar-refractivity contribution in [2.45, 2.75) is 26.8 Å². The molecule has 84 valence electrons. The minimum atomic E-state index is -0.204. The molecule has 0 aliphatic rings. The van der Waals surface area contributed by atoms with Crippen LogP contribution in [0.3, 0.4) is 0 Å². The zero-order chi connectivity index (χ0) is 11.7. The first-order chi connectivity index (χ1) is 7.56. The second-order valence-corrected chi connectivity index (χ2v) is 3.95. The molecule has 1 atom stereocenters. The highest BCUT2D eigenvalue weighted by atomic mass is 16.3. The van der Waals surface area contributed by atoms with Gasteiger partial charge in [-0.1, -0.05) is 6.07 Å². The van der Waals surface area contributed by atoms with Gasteiger partial charge in [0.05, 0.1) is 0 Å². The number of hydrogen-bond acceptors (Lipinski definition) is 3. The molecular weight excluding hydrogens is 204 g/mol. The zero-order valence-corrected chi connectivity index (χ0v) is 9.57. The third-order valence-electron chi connectivity index (χ3n) is 2.35. The molecule has 0 fully saturated rings. The number of amides is 1. The summed E-state index contributed by atoms with van der Waals surface area (Å²) in [4.78, 5) is 15.3. The SMILES string of the molecule is CC(=O)NC(C)c1nc2cc(C)ccc2o1. The maximum atomic E-state index is 10.9. The second kappa shape index (κ2) is 3.96. The van der Waals surface area contributed by atoms with Crippen LogP contribution in [0.4, 0.5) is 0 Å². The number of carbonyl (C=O) groups excluding carboxylic acids is 1. The molecule has 0 saturated heterocycles. The number of aryl methyl sites for hydroxylation is 1. The Morgan fingerprint density at radius 2 is 2.25 bits per heavy atom. The van der Waals surface area contributed by atoms with Crippen molar-refractivity contribution in [2.24, 2.45) is 0 Å². The third kappa shape index (κ3) is 2.05. The van der Waals surface area contributed by atoms with Gasteiger partial charge in [0.25, 0.3) is 0 Å². The Kier molecular flexibility index (Phi) is 2.64. The Morgan fingerprint density at radius 1 is 1.50 bits per heavy atom. The van der Waals surface area contributed by atoms with Gasteiger partial charge >= 0.3 is 0 Å². The molecule has 2 rings (SSSR count). The number of benzene rings is 1. The molecule has 1 N–H and O–H groups in total. The molecule has 0 radical (unpaired) electrons. The van der Waals surface area contributed by atoms with E-state index in [1.807, 2.05) is 32.0 Å². The Balaban J connectivity index is 2.35. The lowest BCUT2D eigenvalue weighted by Crippen LogP contribution is -2.23. The summed E-state index contributed by atoms with van der Waals surface area (Å²) in [5.41, 5.74) is 2.71. The van der Waals surface area contributed by atoms with E-state index in [9.17, 15) is 4.79 Å². The fourth-order valence-corrected chi connectivity index (χ4v) is 1.61. The number of carbonyl (C=O) groups is 1. The van der Waals surface area contributed by atoms with Crippen LogP contribution in [-0.4, -0.2) is 10.9 Å².